The number of fused-ring (bicyclic) bond motifs is 1. The highest BCUT2D eigenvalue weighted by atomic mass is 35.5. The van der Waals surface area contributed by atoms with Gasteiger partial charge < -0.3 is 15.0 Å². The van der Waals surface area contributed by atoms with E-state index in [4.69, 9.17) is 16.3 Å². The molecule has 2 aliphatic rings. The SMILES string of the molecule is O=C(CN1C(=O)/C(=C\c2cccc(Cl)c2)OC2CCCCC21)NCc1ccc(F)cc1. The van der Waals surface area contributed by atoms with Crippen molar-refractivity contribution in [3.8, 4) is 0 Å². The van der Waals surface area contributed by atoms with Gasteiger partial charge in [0.05, 0.1) is 6.04 Å². The Labute approximate surface area is 185 Å². The maximum atomic E-state index is 13.2. The van der Waals surface area contributed by atoms with Crippen LogP contribution >= 0.6 is 11.6 Å². The zero-order chi connectivity index (χ0) is 21.8. The lowest BCUT2D eigenvalue weighted by Gasteiger charge is -2.44. The molecule has 1 heterocycles. The van der Waals surface area contributed by atoms with Crippen LogP contribution in [0.25, 0.3) is 6.08 Å². The van der Waals surface area contributed by atoms with Gasteiger partial charge in [0.1, 0.15) is 18.5 Å². The highest BCUT2D eigenvalue weighted by molar-refractivity contribution is 6.30. The summed E-state index contributed by atoms with van der Waals surface area (Å²) in [5.41, 5.74) is 1.56. The second-order valence-electron chi connectivity index (χ2n) is 7.91. The van der Waals surface area contributed by atoms with Crippen LogP contribution in [-0.2, 0) is 20.9 Å². The van der Waals surface area contributed by atoms with Gasteiger partial charge >= 0.3 is 0 Å². The number of morpholine rings is 1. The predicted octanol–water partition coefficient (Wildman–Crippen LogP) is 4.31. The summed E-state index contributed by atoms with van der Waals surface area (Å²) in [5.74, 6) is -0.640. The normalized spacial score (nSPS) is 22.1. The van der Waals surface area contributed by atoms with Crippen molar-refractivity contribution < 1.29 is 18.7 Å². The number of ether oxygens (including phenoxy) is 1. The highest BCUT2D eigenvalue weighted by Gasteiger charge is 2.42. The van der Waals surface area contributed by atoms with Crippen molar-refractivity contribution in [2.75, 3.05) is 6.54 Å². The van der Waals surface area contributed by atoms with Crippen LogP contribution < -0.4 is 5.32 Å². The lowest BCUT2D eigenvalue weighted by atomic mass is 9.89. The Morgan fingerprint density at radius 2 is 1.97 bits per heavy atom. The van der Waals surface area contributed by atoms with Gasteiger partial charge in [-0.15, -0.1) is 0 Å². The van der Waals surface area contributed by atoms with Crippen molar-refractivity contribution in [2.45, 2.75) is 44.4 Å². The largest absolute Gasteiger partial charge is 0.482 e. The quantitative estimate of drug-likeness (QED) is 0.702. The first-order valence-corrected chi connectivity index (χ1v) is 10.8. The third-order valence-corrected chi connectivity index (χ3v) is 5.92. The number of nitrogens with zero attached hydrogens (tertiary/aromatic N) is 1. The van der Waals surface area contributed by atoms with Crippen molar-refractivity contribution in [3.05, 3.63) is 76.3 Å². The molecule has 1 N–H and O–H groups in total. The van der Waals surface area contributed by atoms with Crippen molar-refractivity contribution in [1.82, 2.24) is 10.2 Å². The minimum atomic E-state index is -0.323. The number of halogens is 2. The van der Waals surface area contributed by atoms with E-state index in [0.29, 0.717) is 5.02 Å². The summed E-state index contributed by atoms with van der Waals surface area (Å²) in [6.07, 6.45) is 5.25. The average molecular weight is 443 g/mol. The second-order valence-corrected chi connectivity index (χ2v) is 8.34. The summed E-state index contributed by atoms with van der Waals surface area (Å²) in [4.78, 5) is 27.4. The van der Waals surface area contributed by atoms with Gasteiger partial charge in [0.15, 0.2) is 5.76 Å². The topological polar surface area (TPSA) is 58.6 Å². The van der Waals surface area contributed by atoms with E-state index in [1.807, 2.05) is 12.1 Å². The standard InChI is InChI=1S/C24H24ClFN2O3/c25-18-5-3-4-17(12-18)13-22-24(30)28(20-6-1-2-7-21(20)31-22)15-23(29)27-14-16-8-10-19(26)11-9-16/h3-5,8-13,20-21H,1-2,6-7,14-15H2,(H,27,29)/b22-13+. The number of benzene rings is 2. The van der Waals surface area contributed by atoms with Gasteiger partial charge in [0, 0.05) is 11.6 Å². The van der Waals surface area contributed by atoms with E-state index in [-0.39, 0.29) is 48.6 Å². The Hall–Kier alpha value is -2.86. The monoisotopic (exact) mass is 442 g/mol. The Morgan fingerprint density at radius 1 is 1.19 bits per heavy atom. The molecule has 1 aliphatic carbocycles. The van der Waals surface area contributed by atoms with Crippen molar-refractivity contribution in [2.24, 2.45) is 0 Å². The minimum Gasteiger partial charge on any atom is -0.482 e. The Morgan fingerprint density at radius 3 is 2.74 bits per heavy atom. The second kappa shape index (κ2) is 9.52. The van der Waals surface area contributed by atoms with E-state index in [9.17, 15) is 14.0 Å². The lowest BCUT2D eigenvalue weighted by molar-refractivity contribution is -0.151. The number of carbonyl (C=O) groups is 2. The predicted molar refractivity (Wildman–Crippen MR) is 117 cm³/mol. The summed E-state index contributed by atoms with van der Waals surface area (Å²) in [6, 6.07) is 13.0. The molecule has 1 aliphatic heterocycles. The molecule has 0 aromatic heterocycles. The van der Waals surface area contributed by atoms with Gasteiger partial charge in [-0.1, -0.05) is 42.3 Å². The third-order valence-electron chi connectivity index (χ3n) is 5.68. The molecule has 2 unspecified atom stereocenters. The zero-order valence-corrected chi connectivity index (χ0v) is 17.8. The van der Waals surface area contributed by atoms with Gasteiger partial charge in [-0.25, -0.2) is 4.39 Å². The Kier molecular flexibility index (Phi) is 6.56. The molecule has 1 saturated heterocycles. The van der Waals surface area contributed by atoms with Crippen molar-refractivity contribution >= 4 is 29.5 Å². The van der Waals surface area contributed by atoms with Crippen molar-refractivity contribution in [1.29, 1.82) is 0 Å². The van der Waals surface area contributed by atoms with Crippen LogP contribution in [0, 0.1) is 5.82 Å². The third kappa shape index (κ3) is 5.25. The van der Waals surface area contributed by atoms with E-state index in [1.54, 1.807) is 35.2 Å². The molecular weight excluding hydrogens is 419 g/mol. The molecule has 0 spiro atoms. The number of hydrogen-bond acceptors (Lipinski definition) is 3. The minimum absolute atomic E-state index is 0.0442. The number of hydrogen-bond donors (Lipinski definition) is 1. The van der Waals surface area contributed by atoms with Gasteiger partial charge in [0.25, 0.3) is 5.91 Å². The Balaban J connectivity index is 1.48. The molecule has 162 valence electrons. The number of nitrogens with one attached hydrogen (secondary N) is 1. The van der Waals surface area contributed by atoms with E-state index in [1.165, 1.54) is 12.1 Å². The maximum Gasteiger partial charge on any atom is 0.289 e. The number of carbonyl (C=O) groups excluding carboxylic acids is 2. The first-order chi connectivity index (χ1) is 15.0. The summed E-state index contributed by atoms with van der Waals surface area (Å²) < 4.78 is 19.1. The Bertz CT molecular complexity index is 993. The molecule has 2 aromatic carbocycles. The molecule has 2 atom stereocenters. The van der Waals surface area contributed by atoms with Gasteiger partial charge in [-0.3, -0.25) is 9.59 Å². The number of rotatable bonds is 5. The molecule has 0 bridgehead atoms. The molecule has 7 heteroatoms. The van der Waals surface area contributed by atoms with E-state index in [0.717, 1.165) is 36.8 Å². The summed E-state index contributed by atoms with van der Waals surface area (Å²) in [7, 11) is 0. The van der Waals surface area contributed by atoms with E-state index in [2.05, 4.69) is 5.32 Å². The zero-order valence-electron chi connectivity index (χ0n) is 17.0. The first kappa shape index (κ1) is 21.4. The fourth-order valence-electron chi connectivity index (χ4n) is 4.12. The molecule has 2 amide bonds. The van der Waals surface area contributed by atoms with Crippen LogP contribution in [0.4, 0.5) is 4.39 Å². The molecule has 31 heavy (non-hydrogen) atoms. The molecule has 1 saturated carbocycles. The molecule has 2 aromatic rings. The smallest absolute Gasteiger partial charge is 0.289 e. The van der Waals surface area contributed by atoms with Crippen LogP contribution in [-0.4, -0.2) is 35.4 Å². The fourth-order valence-corrected chi connectivity index (χ4v) is 4.32. The number of amides is 2. The summed E-state index contributed by atoms with van der Waals surface area (Å²) in [6.45, 7) is 0.231. The van der Waals surface area contributed by atoms with Gasteiger partial charge in [-0.2, -0.15) is 0 Å². The highest BCUT2D eigenvalue weighted by Crippen LogP contribution is 2.33. The van der Waals surface area contributed by atoms with Crippen LogP contribution in [0.15, 0.2) is 54.3 Å². The average Bonchev–Trinajstić information content (AvgIpc) is 2.76. The van der Waals surface area contributed by atoms with Gasteiger partial charge in [0.2, 0.25) is 5.91 Å². The van der Waals surface area contributed by atoms with Crippen LogP contribution in [0.2, 0.25) is 5.02 Å². The fraction of sp³-hybridized carbons (Fsp3) is 0.333. The molecule has 2 fully saturated rings. The molecule has 5 nitrogen and oxygen atoms in total. The van der Waals surface area contributed by atoms with Crippen molar-refractivity contribution in [3.63, 3.8) is 0 Å². The van der Waals surface area contributed by atoms with Crippen LogP contribution in [0.1, 0.15) is 36.8 Å². The lowest BCUT2D eigenvalue weighted by Crippen LogP contribution is -2.57. The maximum absolute atomic E-state index is 13.2. The molecule has 0 radical (unpaired) electrons. The summed E-state index contributed by atoms with van der Waals surface area (Å²) >= 11 is 6.06. The first-order valence-electron chi connectivity index (χ1n) is 10.5. The van der Waals surface area contributed by atoms with Crippen LogP contribution in [0.3, 0.4) is 0 Å². The summed E-state index contributed by atoms with van der Waals surface area (Å²) in [5, 5.41) is 3.40. The van der Waals surface area contributed by atoms with E-state index < -0.39 is 0 Å². The van der Waals surface area contributed by atoms with E-state index >= 15 is 0 Å². The van der Waals surface area contributed by atoms with Gasteiger partial charge in [-0.05, 0) is 60.7 Å². The molecular formula is C24H24ClFN2O3. The molecule has 4 rings (SSSR count). The van der Waals surface area contributed by atoms with Crippen LogP contribution in [0.5, 0.6) is 0 Å².